The van der Waals surface area contributed by atoms with Crippen LogP contribution < -0.4 is 0 Å². The third-order valence-electron chi connectivity index (χ3n) is 3.81. The summed E-state index contributed by atoms with van der Waals surface area (Å²) >= 11 is 0. The Hall–Kier alpha value is -1.03. The van der Waals surface area contributed by atoms with E-state index in [0.29, 0.717) is 0 Å². The molecule has 4 atom stereocenters. The summed E-state index contributed by atoms with van der Waals surface area (Å²) in [6, 6.07) is 6.32. The van der Waals surface area contributed by atoms with Crippen LogP contribution in [0.15, 0.2) is 29.2 Å². The van der Waals surface area contributed by atoms with Crippen molar-refractivity contribution in [1.82, 2.24) is 0 Å². The fraction of sp³-hybridized carbons (Fsp3) is 0.600. The number of aryl methyl sites for hydroxylation is 1. The van der Waals surface area contributed by atoms with Crippen molar-refractivity contribution in [3.8, 4) is 0 Å². The van der Waals surface area contributed by atoms with E-state index in [1.54, 1.807) is 26.0 Å². The Morgan fingerprint density at radius 1 is 1.22 bits per heavy atom. The summed E-state index contributed by atoms with van der Waals surface area (Å²) in [5.74, 6) is -0.837. The molecule has 0 aromatic heterocycles. The fourth-order valence-corrected chi connectivity index (χ4v) is 3.54. The van der Waals surface area contributed by atoms with Gasteiger partial charge in [-0.2, -0.15) is 8.42 Å². The highest BCUT2D eigenvalue weighted by Gasteiger charge is 2.54. The van der Waals surface area contributed by atoms with Crippen molar-refractivity contribution in [3.05, 3.63) is 29.8 Å². The lowest BCUT2D eigenvalue weighted by Crippen LogP contribution is -2.37. The first-order valence-electron chi connectivity index (χ1n) is 7.33. The van der Waals surface area contributed by atoms with E-state index in [-0.39, 0.29) is 11.5 Å². The van der Waals surface area contributed by atoms with E-state index in [4.69, 9.17) is 18.4 Å². The zero-order chi connectivity index (χ0) is 16.8. The fourth-order valence-electron chi connectivity index (χ4n) is 2.63. The number of ether oxygens (including phenoxy) is 3. The molecule has 0 unspecified atom stereocenters. The SMILES string of the molecule is Cc1ccc(S(=O)(=O)OC[C@H]2O[C@H]3OC(C)(C)O[C@@H]3[C@H]2O)cc1. The summed E-state index contributed by atoms with van der Waals surface area (Å²) < 4.78 is 45.8. The van der Waals surface area contributed by atoms with E-state index in [2.05, 4.69) is 0 Å². The largest absolute Gasteiger partial charge is 0.387 e. The highest BCUT2D eigenvalue weighted by atomic mass is 32.2. The molecule has 1 aromatic rings. The van der Waals surface area contributed by atoms with Gasteiger partial charge < -0.3 is 19.3 Å². The summed E-state index contributed by atoms with van der Waals surface area (Å²) in [5.41, 5.74) is 0.947. The second-order valence-corrected chi connectivity index (χ2v) is 7.80. The van der Waals surface area contributed by atoms with Crippen molar-refractivity contribution in [2.75, 3.05) is 6.61 Å². The molecule has 0 spiro atoms. The van der Waals surface area contributed by atoms with Crippen LogP contribution in [0.1, 0.15) is 19.4 Å². The summed E-state index contributed by atoms with van der Waals surface area (Å²) in [6.45, 7) is 4.99. The van der Waals surface area contributed by atoms with E-state index in [0.717, 1.165) is 5.56 Å². The molecule has 23 heavy (non-hydrogen) atoms. The van der Waals surface area contributed by atoms with E-state index >= 15 is 0 Å². The third kappa shape index (κ3) is 3.42. The molecule has 2 aliphatic heterocycles. The Morgan fingerprint density at radius 3 is 2.48 bits per heavy atom. The van der Waals surface area contributed by atoms with Gasteiger partial charge in [-0.25, -0.2) is 0 Å². The molecule has 7 nitrogen and oxygen atoms in total. The zero-order valence-electron chi connectivity index (χ0n) is 13.1. The van der Waals surface area contributed by atoms with Crippen LogP contribution in [0.25, 0.3) is 0 Å². The first-order chi connectivity index (χ1) is 10.7. The number of hydrogen-bond donors (Lipinski definition) is 1. The van der Waals surface area contributed by atoms with Gasteiger partial charge in [0, 0.05) is 0 Å². The van der Waals surface area contributed by atoms with Gasteiger partial charge in [0.25, 0.3) is 10.1 Å². The number of fused-ring (bicyclic) bond motifs is 1. The monoisotopic (exact) mass is 344 g/mol. The molecule has 1 aromatic carbocycles. The predicted molar refractivity (Wildman–Crippen MR) is 79.0 cm³/mol. The Kier molecular flexibility index (Phi) is 4.24. The molecule has 0 amide bonds. The lowest BCUT2D eigenvalue weighted by molar-refractivity contribution is -0.217. The maximum atomic E-state index is 12.1. The molecule has 1 N–H and O–H groups in total. The van der Waals surface area contributed by atoms with Crippen LogP contribution in [0.5, 0.6) is 0 Å². The standard InChI is InChI=1S/C15H20O7S/c1-9-4-6-10(7-5-9)23(17,18)19-8-11-12(16)13-14(20-11)22-15(2,3)21-13/h4-7,11-14,16H,8H2,1-3H3/t11-,12+,13-,14+/m1/s1. The Morgan fingerprint density at radius 2 is 1.87 bits per heavy atom. The van der Waals surface area contributed by atoms with Gasteiger partial charge in [0.1, 0.15) is 18.3 Å². The number of hydrogen-bond acceptors (Lipinski definition) is 7. The first-order valence-corrected chi connectivity index (χ1v) is 8.74. The highest BCUT2D eigenvalue weighted by molar-refractivity contribution is 7.86. The Bertz CT molecular complexity index is 668. The quantitative estimate of drug-likeness (QED) is 0.813. The molecule has 0 bridgehead atoms. The third-order valence-corrected chi connectivity index (χ3v) is 5.11. The minimum atomic E-state index is -3.91. The number of aliphatic hydroxyl groups is 1. The van der Waals surface area contributed by atoms with Crippen LogP contribution in [-0.2, 0) is 28.5 Å². The average molecular weight is 344 g/mol. The van der Waals surface area contributed by atoms with Crippen LogP contribution in [0.4, 0.5) is 0 Å². The van der Waals surface area contributed by atoms with Crippen molar-refractivity contribution < 1.29 is 31.9 Å². The molecule has 8 heteroatoms. The van der Waals surface area contributed by atoms with Gasteiger partial charge in [-0.15, -0.1) is 0 Å². The molecule has 2 saturated heterocycles. The van der Waals surface area contributed by atoms with Gasteiger partial charge in [0.2, 0.25) is 0 Å². The molecule has 2 fully saturated rings. The average Bonchev–Trinajstić information content (AvgIpc) is 2.91. The van der Waals surface area contributed by atoms with E-state index in [1.807, 2.05) is 6.92 Å². The maximum Gasteiger partial charge on any atom is 0.297 e. The van der Waals surface area contributed by atoms with Gasteiger partial charge in [0.05, 0.1) is 11.5 Å². The number of aliphatic hydroxyl groups excluding tert-OH is 1. The molecular formula is C15H20O7S. The van der Waals surface area contributed by atoms with E-state index < -0.39 is 40.5 Å². The van der Waals surface area contributed by atoms with Crippen molar-refractivity contribution in [3.63, 3.8) is 0 Å². The van der Waals surface area contributed by atoms with Gasteiger partial charge in [-0.1, -0.05) is 17.7 Å². The second kappa shape index (κ2) is 5.80. The summed E-state index contributed by atoms with van der Waals surface area (Å²) in [4.78, 5) is 0.0596. The highest BCUT2D eigenvalue weighted by Crippen LogP contribution is 2.37. The molecule has 0 aliphatic carbocycles. The maximum absolute atomic E-state index is 12.1. The molecule has 2 heterocycles. The Balaban J connectivity index is 1.62. The topological polar surface area (TPSA) is 91.3 Å². The van der Waals surface area contributed by atoms with Crippen LogP contribution in [0.3, 0.4) is 0 Å². The second-order valence-electron chi connectivity index (χ2n) is 6.19. The summed E-state index contributed by atoms with van der Waals surface area (Å²) in [6.07, 6.45) is -3.23. The van der Waals surface area contributed by atoms with E-state index in [9.17, 15) is 13.5 Å². The minimum absolute atomic E-state index is 0.0596. The van der Waals surface area contributed by atoms with Gasteiger partial charge in [-0.3, -0.25) is 4.18 Å². The van der Waals surface area contributed by atoms with Crippen molar-refractivity contribution in [2.24, 2.45) is 0 Å². The number of rotatable bonds is 4. The smallest absolute Gasteiger partial charge is 0.297 e. The van der Waals surface area contributed by atoms with Crippen LogP contribution in [0.2, 0.25) is 0 Å². The van der Waals surface area contributed by atoms with Crippen LogP contribution in [0, 0.1) is 6.92 Å². The minimum Gasteiger partial charge on any atom is -0.387 e. The lowest BCUT2D eigenvalue weighted by atomic mass is 10.1. The van der Waals surface area contributed by atoms with Crippen LogP contribution in [-0.4, -0.2) is 50.5 Å². The van der Waals surface area contributed by atoms with Crippen molar-refractivity contribution in [1.29, 1.82) is 0 Å². The molecule has 128 valence electrons. The summed E-state index contributed by atoms with van der Waals surface area (Å²) in [7, 11) is -3.91. The molecule has 2 aliphatic rings. The van der Waals surface area contributed by atoms with Crippen molar-refractivity contribution in [2.45, 2.75) is 56.1 Å². The lowest BCUT2D eigenvalue weighted by Gasteiger charge is -2.22. The zero-order valence-corrected chi connectivity index (χ0v) is 13.9. The normalized spacial score (nSPS) is 32.9. The predicted octanol–water partition coefficient (Wildman–Crippen LogP) is 0.938. The Labute approximate surface area is 135 Å². The molecule has 3 rings (SSSR count). The summed E-state index contributed by atoms with van der Waals surface area (Å²) in [5, 5.41) is 10.2. The van der Waals surface area contributed by atoms with E-state index in [1.165, 1.54) is 12.1 Å². The van der Waals surface area contributed by atoms with Crippen LogP contribution >= 0.6 is 0 Å². The molecular weight excluding hydrogens is 324 g/mol. The van der Waals surface area contributed by atoms with Gasteiger partial charge >= 0.3 is 0 Å². The molecule has 0 radical (unpaired) electrons. The van der Waals surface area contributed by atoms with Gasteiger partial charge in [-0.05, 0) is 32.9 Å². The van der Waals surface area contributed by atoms with Gasteiger partial charge in [0.15, 0.2) is 12.1 Å². The van der Waals surface area contributed by atoms with Crippen molar-refractivity contribution >= 4 is 10.1 Å². The molecule has 0 saturated carbocycles. The first kappa shape index (κ1) is 16.8. The number of benzene rings is 1.